The first-order chi connectivity index (χ1) is 9.52. The Kier molecular flexibility index (Phi) is 3.16. The highest BCUT2D eigenvalue weighted by molar-refractivity contribution is 6.39. The molecule has 3 rings (SSSR count). The number of anilines is 3. The quantitative estimate of drug-likeness (QED) is 0.679. The van der Waals surface area contributed by atoms with Crippen molar-refractivity contribution in [2.45, 2.75) is 0 Å². The zero-order valence-corrected chi connectivity index (χ0v) is 11.5. The standard InChI is InChI=1S/C13H8Cl2FN3O/c14-8-3-6(16)4-9(15)12(8)19-13-18-10-2-1-7(17)5-11(10)20-13/h1-5H,17H2,(H,18,19). The molecule has 0 fully saturated rings. The van der Waals surface area contributed by atoms with Crippen LogP contribution >= 0.6 is 23.2 Å². The van der Waals surface area contributed by atoms with Crippen molar-refractivity contribution in [1.29, 1.82) is 0 Å². The van der Waals surface area contributed by atoms with Gasteiger partial charge < -0.3 is 15.5 Å². The Labute approximate surface area is 123 Å². The third-order valence-electron chi connectivity index (χ3n) is 2.65. The Morgan fingerprint density at radius 3 is 2.55 bits per heavy atom. The van der Waals surface area contributed by atoms with Gasteiger partial charge in [-0.1, -0.05) is 23.2 Å². The Bertz CT molecular complexity index is 780. The molecule has 2 aromatic carbocycles. The van der Waals surface area contributed by atoms with Crippen molar-refractivity contribution in [3.8, 4) is 0 Å². The number of nitrogens with one attached hydrogen (secondary N) is 1. The van der Waals surface area contributed by atoms with Gasteiger partial charge in [-0.05, 0) is 24.3 Å². The number of fused-ring (bicyclic) bond motifs is 1. The summed E-state index contributed by atoms with van der Waals surface area (Å²) >= 11 is 11.9. The molecule has 7 heteroatoms. The largest absolute Gasteiger partial charge is 0.423 e. The smallest absolute Gasteiger partial charge is 0.300 e. The zero-order valence-electron chi connectivity index (χ0n) is 9.95. The lowest BCUT2D eigenvalue weighted by molar-refractivity contribution is 0.621. The molecule has 0 spiro atoms. The summed E-state index contributed by atoms with van der Waals surface area (Å²) in [5, 5.41) is 3.10. The lowest BCUT2D eigenvalue weighted by atomic mass is 10.3. The Balaban J connectivity index is 2.01. The number of hydrogen-bond donors (Lipinski definition) is 2. The van der Waals surface area contributed by atoms with E-state index in [1.54, 1.807) is 18.2 Å². The first-order valence-electron chi connectivity index (χ1n) is 5.60. The van der Waals surface area contributed by atoms with Crippen molar-refractivity contribution in [2.75, 3.05) is 11.1 Å². The molecular formula is C13H8Cl2FN3O. The first kappa shape index (κ1) is 13.0. The van der Waals surface area contributed by atoms with E-state index in [2.05, 4.69) is 10.3 Å². The molecule has 20 heavy (non-hydrogen) atoms. The molecule has 0 aliphatic carbocycles. The topological polar surface area (TPSA) is 64.1 Å². The Morgan fingerprint density at radius 2 is 1.85 bits per heavy atom. The van der Waals surface area contributed by atoms with Crippen molar-refractivity contribution >= 4 is 51.7 Å². The van der Waals surface area contributed by atoms with E-state index in [1.807, 2.05) is 0 Å². The molecular weight excluding hydrogens is 304 g/mol. The molecule has 1 aromatic heterocycles. The maximum absolute atomic E-state index is 13.1. The highest BCUT2D eigenvalue weighted by atomic mass is 35.5. The zero-order chi connectivity index (χ0) is 14.3. The van der Waals surface area contributed by atoms with Crippen molar-refractivity contribution < 1.29 is 8.81 Å². The third-order valence-corrected chi connectivity index (χ3v) is 3.25. The van der Waals surface area contributed by atoms with Gasteiger partial charge in [0.25, 0.3) is 6.01 Å². The second-order valence-electron chi connectivity index (χ2n) is 4.12. The molecule has 0 saturated carbocycles. The Hall–Kier alpha value is -1.98. The lowest BCUT2D eigenvalue weighted by Crippen LogP contribution is -1.93. The molecule has 0 atom stereocenters. The SMILES string of the molecule is Nc1ccc2nc(Nc3c(Cl)cc(F)cc3Cl)oc2c1. The molecule has 0 aliphatic heterocycles. The fourth-order valence-electron chi connectivity index (χ4n) is 1.76. The molecule has 0 saturated heterocycles. The van der Waals surface area contributed by atoms with Crippen LogP contribution in [0.4, 0.5) is 21.8 Å². The van der Waals surface area contributed by atoms with Crippen LogP contribution in [0.25, 0.3) is 11.1 Å². The number of hydrogen-bond acceptors (Lipinski definition) is 4. The third kappa shape index (κ3) is 2.37. The van der Waals surface area contributed by atoms with E-state index in [0.29, 0.717) is 22.5 Å². The predicted octanol–water partition coefficient (Wildman–Crippen LogP) is 4.60. The first-order valence-corrected chi connectivity index (χ1v) is 6.36. The summed E-state index contributed by atoms with van der Waals surface area (Å²) in [5.41, 5.74) is 7.72. The second kappa shape index (κ2) is 4.85. The molecule has 0 aliphatic rings. The van der Waals surface area contributed by atoms with E-state index < -0.39 is 5.82 Å². The van der Waals surface area contributed by atoms with Gasteiger partial charge in [-0.2, -0.15) is 4.98 Å². The minimum Gasteiger partial charge on any atom is -0.423 e. The average Bonchev–Trinajstić information content (AvgIpc) is 2.75. The van der Waals surface area contributed by atoms with E-state index in [-0.39, 0.29) is 16.1 Å². The van der Waals surface area contributed by atoms with E-state index in [1.165, 1.54) is 0 Å². The predicted molar refractivity (Wildman–Crippen MR) is 78.1 cm³/mol. The summed E-state index contributed by atoms with van der Waals surface area (Å²) < 4.78 is 18.6. The van der Waals surface area contributed by atoms with Crippen molar-refractivity contribution in [2.24, 2.45) is 0 Å². The van der Waals surface area contributed by atoms with Crippen LogP contribution < -0.4 is 11.1 Å². The van der Waals surface area contributed by atoms with Crippen LogP contribution in [-0.4, -0.2) is 4.98 Å². The maximum Gasteiger partial charge on any atom is 0.300 e. The molecule has 3 N–H and O–H groups in total. The number of aromatic nitrogens is 1. The number of halogens is 3. The second-order valence-corrected chi connectivity index (χ2v) is 4.93. The number of benzene rings is 2. The van der Waals surface area contributed by atoms with Crippen molar-refractivity contribution in [3.63, 3.8) is 0 Å². The van der Waals surface area contributed by atoms with Crippen LogP contribution in [0, 0.1) is 5.82 Å². The van der Waals surface area contributed by atoms with Gasteiger partial charge in [0, 0.05) is 11.8 Å². The fraction of sp³-hybridized carbons (Fsp3) is 0. The Morgan fingerprint density at radius 1 is 1.15 bits per heavy atom. The fourth-order valence-corrected chi connectivity index (χ4v) is 2.32. The van der Waals surface area contributed by atoms with Crippen LogP contribution in [0.1, 0.15) is 0 Å². The normalized spacial score (nSPS) is 10.9. The van der Waals surface area contributed by atoms with Crippen LogP contribution in [0.5, 0.6) is 0 Å². The van der Waals surface area contributed by atoms with Crippen molar-refractivity contribution in [1.82, 2.24) is 4.98 Å². The van der Waals surface area contributed by atoms with E-state index in [0.717, 1.165) is 12.1 Å². The van der Waals surface area contributed by atoms with Gasteiger partial charge in [-0.3, -0.25) is 0 Å². The minimum atomic E-state index is -0.518. The molecule has 0 bridgehead atoms. The van der Waals surface area contributed by atoms with Crippen LogP contribution in [0.15, 0.2) is 34.7 Å². The average molecular weight is 312 g/mol. The molecule has 1 heterocycles. The van der Waals surface area contributed by atoms with Gasteiger partial charge in [0.05, 0.1) is 15.7 Å². The summed E-state index contributed by atoms with van der Waals surface area (Å²) in [5.74, 6) is -0.518. The highest BCUT2D eigenvalue weighted by Gasteiger charge is 2.12. The number of nitrogen functional groups attached to an aromatic ring is 1. The molecule has 0 amide bonds. The summed E-state index contributed by atoms with van der Waals surface area (Å²) in [4.78, 5) is 4.21. The molecule has 0 unspecified atom stereocenters. The van der Waals surface area contributed by atoms with Gasteiger partial charge in [0.15, 0.2) is 5.58 Å². The number of nitrogens with zero attached hydrogens (tertiary/aromatic N) is 1. The molecule has 3 aromatic rings. The van der Waals surface area contributed by atoms with E-state index >= 15 is 0 Å². The van der Waals surface area contributed by atoms with Gasteiger partial charge in [-0.15, -0.1) is 0 Å². The summed E-state index contributed by atoms with van der Waals surface area (Å²) in [7, 11) is 0. The summed E-state index contributed by atoms with van der Waals surface area (Å²) in [6.07, 6.45) is 0. The van der Waals surface area contributed by atoms with Crippen LogP contribution in [-0.2, 0) is 0 Å². The van der Waals surface area contributed by atoms with Crippen molar-refractivity contribution in [3.05, 3.63) is 46.2 Å². The lowest BCUT2D eigenvalue weighted by Gasteiger charge is -2.06. The van der Waals surface area contributed by atoms with Gasteiger partial charge in [0.1, 0.15) is 11.3 Å². The summed E-state index contributed by atoms with van der Waals surface area (Å²) in [6.45, 7) is 0. The van der Waals surface area contributed by atoms with Crippen LogP contribution in [0.2, 0.25) is 10.0 Å². The maximum atomic E-state index is 13.1. The monoisotopic (exact) mass is 311 g/mol. The number of rotatable bonds is 2. The molecule has 0 radical (unpaired) electrons. The van der Waals surface area contributed by atoms with Crippen LogP contribution in [0.3, 0.4) is 0 Å². The van der Waals surface area contributed by atoms with E-state index in [4.69, 9.17) is 33.4 Å². The number of oxazole rings is 1. The van der Waals surface area contributed by atoms with Gasteiger partial charge in [0.2, 0.25) is 0 Å². The van der Waals surface area contributed by atoms with E-state index in [9.17, 15) is 4.39 Å². The summed E-state index contributed by atoms with van der Waals surface area (Å²) in [6, 6.07) is 7.59. The molecule has 102 valence electrons. The number of nitrogens with two attached hydrogens (primary N) is 1. The molecule has 4 nitrogen and oxygen atoms in total. The minimum absolute atomic E-state index is 0.136. The van der Waals surface area contributed by atoms with Gasteiger partial charge >= 0.3 is 0 Å². The highest BCUT2D eigenvalue weighted by Crippen LogP contribution is 2.34. The van der Waals surface area contributed by atoms with Gasteiger partial charge in [-0.25, -0.2) is 4.39 Å².